The maximum Gasteiger partial charge on any atom is 0.245 e. The van der Waals surface area contributed by atoms with Crippen LogP contribution in [0.25, 0.3) is 16.8 Å². The van der Waals surface area contributed by atoms with Gasteiger partial charge in [0.1, 0.15) is 11.6 Å². The normalized spacial score (nSPS) is 14.7. The van der Waals surface area contributed by atoms with Crippen LogP contribution >= 0.6 is 0 Å². The first-order valence-corrected chi connectivity index (χ1v) is 10.6. The Labute approximate surface area is 186 Å². The minimum atomic E-state index is -0.253. The first-order valence-electron chi connectivity index (χ1n) is 10.6. The van der Waals surface area contributed by atoms with E-state index in [-0.39, 0.29) is 5.82 Å². The van der Waals surface area contributed by atoms with Gasteiger partial charge in [0.15, 0.2) is 0 Å². The van der Waals surface area contributed by atoms with Crippen LogP contribution in [-0.4, -0.2) is 59.8 Å². The van der Waals surface area contributed by atoms with Crippen molar-refractivity contribution in [1.82, 2.24) is 19.5 Å². The Morgan fingerprint density at radius 2 is 1.81 bits per heavy atom. The van der Waals surface area contributed by atoms with Crippen LogP contribution in [0.15, 0.2) is 60.8 Å². The third-order valence-corrected chi connectivity index (χ3v) is 5.83. The largest absolute Gasteiger partial charge is 0.496 e. The molecule has 0 aliphatic carbocycles. The summed E-state index contributed by atoms with van der Waals surface area (Å²) in [5.41, 5.74) is 3.91. The molecule has 8 heteroatoms. The van der Waals surface area contributed by atoms with Crippen LogP contribution in [0.1, 0.15) is 0 Å². The maximum atomic E-state index is 14.9. The standard InChI is InChI=1S/C24H25FN6O/c1-29-11-13-30(14-12-29)22-9-7-17(15-20(22)25)27-24-26-16-18-8-10-21(31(18)28-24)19-5-3-4-6-23(19)32-2/h3-10,15-16H,11-14H2,1-2H3,(H,27,28). The van der Waals surface area contributed by atoms with Crippen LogP contribution in [0.4, 0.5) is 21.7 Å². The number of aromatic nitrogens is 3. The molecule has 32 heavy (non-hydrogen) atoms. The lowest BCUT2D eigenvalue weighted by atomic mass is 10.1. The van der Waals surface area contributed by atoms with E-state index in [4.69, 9.17) is 4.74 Å². The molecule has 3 heterocycles. The molecule has 1 aliphatic rings. The van der Waals surface area contributed by atoms with E-state index >= 15 is 0 Å². The monoisotopic (exact) mass is 432 g/mol. The lowest BCUT2D eigenvalue weighted by Gasteiger charge is -2.34. The number of halogens is 1. The predicted molar refractivity (Wildman–Crippen MR) is 124 cm³/mol. The number of nitrogens with zero attached hydrogens (tertiary/aromatic N) is 5. The molecule has 0 radical (unpaired) electrons. The number of piperazine rings is 1. The fourth-order valence-electron chi connectivity index (χ4n) is 4.04. The molecule has 0 atom stereocenters. The molecule has 2 aromatic carbocycles. The number of benzene rings is 2. The van der Waals surface area contributed by atoms with Crippen molar-refractivity contribution in [2.24, 2.45) is 0 Å². The lowest BCUT2D eigenvalue weighted by Crippen LogP contribution is -2.44. The molecule has 0 saturated carbocycles. The average molecular weight is 433 g/mol. The number of anilines is 3. The van der Waals surface area contributed by atoms with Crippen LogP contribution in [0.2, 0.25) is 0 Å². The van der Waals surface area contributed by atoms with Gasteiger partial charge < -0.3 is 19.9 Å². The van der Waals surface area contributed by atoms with Crippen molar-refractivity contribution in [2.45, 2.75) is 0 Å². The molecular formula is C24H25FN6O. The fraction of sp³-hybridized carbons (Fsp3) is 0.250. The van der Waals surface area contributed by atoms with Crippen molar-refractivity contribution in [2.75, 3.05) is 50.6 Å². The van der Waals surface area contributed by atoms with Gasteiger partial charge in [-0.25, -0.2) is 13.9 Å². The summed E-state index contributed by atoms with van der Waals surface area (Å²) in [6.07, 6.45) is 1.74. The molecule has 0 spiro atoms. The molecule has 4 aromatic rings. The van der Waals surface area contributed by atoms with Crippen molar-refractivity contribution < 1.29 is 9.13 Å². The van der Waals surface area contributed by atoms with Crippen LogP contribution in [0.3, 0.4) is 0 Å². The summed E-state index contributed by atoms with van der Waals surface area (Å²) in [6, 6.07) is 16.9. The molecule has 0 bridgehead atoms. The van der Waals surface area contributed by atoms with Gasteiger partial charge in [-0.15, -0.1) is 5.10 Å². The number of rotatable bonds is 5. The minimum absolute atomic E-state index is 0.253. The third-order valence-electron chi connectivity index (χ3n) is 5.83. The summed E-state index contributed by atoms with van der Waals surface area (Å²) in [5, 5.41) is 7.76. The molecule has 1 aliphatic heterocycles. The lowest BCUT2D eigenvalue weighted by molar-refractivity contribution is 0.311. The van der Waals surface area contributed by atoms with Crippen molar-refractivity contribution in [3.63, 3.8) is 0 Å². The highest BCUT2D eigenvalue weighted by atomic mass is 19.1. The van der Waals surface area contributed by atoms with E-state index in [2.05, 4.69) is 32.2 Å². The first-order chi connectivity index (χ1) is 15.6. The number of methoxy groups -OCH3 is 1. The zero-order valence-corrected chi connectivity index (χ0v) is 18.1. The summed E-state index contributed by atoms with van der Waals surface area (Å²) in [6.45, 7) is 3.50. The average Bonchev–Trinajstić information content (AvgIpc) is 3.23. The molecule has 164 valence electrons. The summed E-state index contributed by atoms with van der Waals surface area (Å²) in [5.74, 6) is 0.898. The summed E-state index contributed by atoms with van der Waals surface area (Å²) < 4.78 is 22.2. The second-order valence-electron chi connectivity index (χ2n) is 7.92. The van der Waals surface area contributed by atoms with Gasteiger partial charge in [-0.2, -0.15) is 0 Å². The van der Waals surface area contributed by atoms with Gasteiger partial charge in [0.25, 0.3) is 0 Å². The topological polar surface area (TPSA) is 57.9 Å². The number of hydrogen-bond donors (Lipinski definition) is 1. The van der Waals surface area contributed by atoms with Crippen molar-refractivity contribution in [3.05, 3.63) is 66.6 Å². The molecule has 0 amide bonds. The van der Waals surface area contributed by atoms with E-state index in [0.29, 0.717) is 17.3 Å². The molecule has 0 unspecified atom stereocenters. The predicted octanol–water partition coefficient (Wildman–Crippen LogP) is 4.04. The van der Waals surface area contributed by atoms with E-state index in [9.17, 15) is 4.39 Å². The van der Waals surface area contributed by atoms with Crippen molar-refractivity contribution >= 4 is 22.8 Å². The Hall–Kier alpha value is -3.65. The van der Waals surface area contributed by atoms with Gasteiger partial charge in [-0.3, -0.25) is 0 Å². The highest BCUT2D eigenvalue weighted by Gasteiger charge is 2.18. The van der Waals surface area contributed by atoms with Crippen molar-refractivity contribution in [3.8, 4) is 17.0 Å². The highest BCUT2D eigenvalue weighted by molar-refractivity contribution is 5.72. The van der Waals surface area contributed by atoms with E-state index in [1.807, 2.05) is 53.0 Å². The van der Waals surface area contributed by atoms with Gasteiger partial charge in [-0.05, 0) is 49.5 Å². The van der Waals surface area contributed by atoms with Gasteiger partial charge in [0.05, 0.1) is 30.2 Å². The Kier molecular flexibility index (Phi) is 5.36. The van der Waals surface area contributed by atoms with E-state index in [1.165, 1.54) is 6.07 Å². The smallest absolute Gasteiger partial charge is 0.245 e. The number of nitrogens with one attached hydrogen (secondary N) is 1. The summed E-state index contributed by atoms with van der Waals surface area (Å²) in [4.78, 5) is 8.72. The van der Waals surface area contributed by atoms with Gasteiger partial charge in [0.2, 0.25) is 5.95 Å². The molecule has 2 aromatic heterocycles. The first kappa shape index (κ1) is 20.3. The molecule has 1 saturated heterocycles. The SMILES string of the molecule is COc1ccccc1-c1ccc2cnc(Nc3ccc(N4CCN(C)CC4)c(F)c3)nn12. The third kappa shape index (κ3) is 3.85. The van der Waals surface area contributed by atoms with Crippen LogP contribution in [-0.2, 0) is 0 Å². The molecular weight excluding hydrogens is 407 g/mol. The zero-order valence-electron chi connectivity index (χ0n) is 18.1. The minimum Gasteiger partial charge on any atom is -0.496 e. The summed E-state index contributed by atoms with van der Waals surface area (Å²) >= 11 is 0. The number of fused-ring (bicyclic) bond motifs is 1. The molecule has 5 rings (SSSR count). The molecule has 1 N–H and O–H groups in total. The highest BCUT2D eigenvalue weighted by Crippen LogP contribution is 2.31. The number of likely N-dealkylation sites (N-methyl/N-ethyl adjacent to an activating group) is 1. The number of ether oxygens (including phenoxy) is 1. The van der Waals surface area contributed by atoms with Gasteiger partial charge in [-0.1, -0.05) is 12.1 Å². The van der Waals surface area contributed by atoms with Crippen molar-refractivity contribution in [1.29, 1.82) is 0 Å². The van der Waals surface area contributed by atoms with Crippen LogP contribution in [0, 0.1) is 5.82 Å². The second kappa shape index (κ2) is 8.47. The van der Waals surface area contributed by atoms with E-state index < -0.39 is 0 Å². The Balaban J connectivity index is 1.42. The Morgan fingerprint density at radius 3 is 2.59 bits per heavy atom. The zero-order chi connectivity index (χ0) is 22.1. The quantitative estimate of drug-likeness (QED) is 0.514. The van der Waals surface area contributed by atoms with Gasteiger partial charge in [0, 0.05) is 37.4 Å². The maximum absolute atomic E-state index is 14.9. The molecule has 7 nitrogen and oxygen atoms in total. The van der Waals surface area contributed by atoms with Crippen LogP contribution < -0.4 is 15.0 Å². The second-order valence-corrected chi connectivity index (χ2v) is 7.92. The van der Waals surface area contributed by atoms with Gasteiger partial charge >= 0.3 is 0 Å². The van der Waals surface area contributed by atoms with E-state index in [1.54, 1.807) is 13.3 Å². The molecule has 1 fully saturated rings. The summed E-state index contributed by atoms with van der Waals surface area (Å²) in [7, 11) is 3.73. The fourth-order valence-corrected chi connectivity index (χ4v) is 4.04. The number of hydrogen-bond acceptors (Lipinski definition) is 6. The Morgan fingerprint density at radius 1 is 1.00 bits per heavy atom. The Bertz CT molecular complexity index is 1250. The van der Waals surface area contributed by atoms with E-state index in [0.717, 1.165) is 48.7 Å². The van der Waals surface area contributed by atoms with Crippen LogP contribution in [0.5, 0.6) is 5.75 Å². The number of para-hydroxylation sites is 1.